The van der Waals surface area contributed by atoms with Gasteiger partial charge in [0, 0.05) is 36.8 Å². The lowest BCUT2D eigenvalue weighted by molar-refractivity contribution is 0.293. The van der Waals surface area contributed by atoms with Crippen molar-refractivity contribution in [2.24, 2.45) is 4.99 Å². The Labute approximate surface area is 185 Å². The predicted molar refractivity (Wildman–Crippen MR) is 125 cm³/mol. The third kappa shape index (κ3) is 5.14. The molecule has 7 heteroatoms. The molecule has 0 radical (unpaired) electrons. The van der Waals surface area contributed by atoms with Gasteiger partial charge in [-0.2, -0.15) is 16.9 Å². The molecule has 1 aromatic heterocycles. The summed E-state index contributed by atoms with van der Waals surface area (Å²) in [6.45, 7) is 3.01. The van der Waals surface area contributed by atoms with Gasteiger partial charge < -0.3 is 10.2 Å². The van der Waals surface area contributed by atoms with E-state index in [0.717, 1.165) is 31.3 Å². The Kier molecular flexibility index (Phi) is 7.76. The highest BCUT2D eigenvalue weighted by atomic mass is 127. The zero-order valence-electron chi connectivity index (χ0n) is 16.5. The highest BCUT2D eigenvalue weighted by molar-refractivity contribution is 14.0. The van der Waals surface area contributed by atoms with Crippen molar-refractivity contribution in [1.29, 1.82) is 0 Å². The number of halogens is 1. The molecule has 0 bridgehead atoms. The van der Waals surface area contributed by atoms with Gasteiger partial charge in [0.05, 0.1) is 18.3 Å². The molecular weight excluding hydrogens is 469 g/mol. The standard InChI is InChI=1S/C20H33N5S.HI/c1-21-19(24-13-14-26-20(16-24)10-5-2-6-11-20)22-15-17-9-12-25(23-17)18-7-3-4-8-18;/h9,12,18H,2-8,10-11,13-16H2,1H3,(H,21,22);1H. The van der Waals surface area contributed by atoms with Crippen LogP contribution in [0.2, 0.25) is 0 Å². The fourth-order valence-corrected chi connectivity index (χ4v) is 6.44. The molecule has 4 rings (SSSR count). The summed E-state index contributed by atoms with van der Waals surface area (Å²) in [6, 6.07) is 2.78. The van der Waals surface area contributed by atoms with Crippen molar-refractivity contribution in [3.63, 3.8) is 0 Å². The summed E-state index contributed by atoms with van der Waals surface area (Å²) < 4.78 is 2.65. The van der Waals surface area contributed by atoms with Crippen LogP contribution in [-0.2, 0) is 6.54 Å². The summed E-state index contributed by atoms with van der Waals surface area (Å²) in [5.41, 5.74) is 1.12. The average Bonchev–Trinajstić information content (AvgIpc) is 3.35. The number of guanidine groups is 1. The summed E-state index contributed by atoms with van der Waals surface area (Å²) >= 11 is 2.21. The Morgan fingerprint density at radius 2 is 2.04 bits per heavy atom. The first-order valence-corrected chi connectivity index (χ1v) is 11.4. The van der Waals surface area contributed by atoms with Crippen molar-refractivity contribution in [3.8, 4) is 0 Å². The number of thioether (sulfide) groups is 1. The number of aromatic nitrogens is 2. The van der Waals surface area contributed by atoms with E-state index in [1.165, 1.54) is 63.5 Å². The van der Waals surface area contributed by atoms with Crippen LogP contribution in [0.5, 0.6) is 0 Å². The molecule has 5 nitrogen and oxygen atoms in total. The van der Waals surface area contributed by atoms with Gasteiger partial charge >= 0.3 is 0 Å². The fourth-order valence-electron chi connectivity index (χ4n) is 4.87. The molecule has 152 valence electrons. The number of nitrogens with one attached hydrogen (secondary N) is 1. The van der Waals surface area contributed by atoms with Crippen molar-refractivity contribution in [3.05, 3.63) is 18.0 Å². The molecule has 0 aromatic carbocycles. The maximum absolute atomic E-state index is 4.80. The summed E-state index contributed by atoms with van der Waals surface area (Å²) in [7, 11) is 1.91. The molecule has 0 unspecified atom stereocenters. The van der Waals surface area contributed by atoms with Gasteiger partial charge in [0.15, 0.2) is 5.96 Å². The number of hydrogen-bond acceptors (Lipinski definition) is 3. The molecule has 1 aliphatic heterocycles. The number of rotatable bonds is 3. The predicted octanol–water partition coefficient (Wildman–Crippen LogP) is 4.44. The first-order valence-electron chi connectivity index (χ1n) is 10.4. The Morgan fingerprint density at radius 3 is 2.78 bits per heavy atom. The minimum Gasteiger partial charge on any atom is -0.351 e. The number of hydrogen-bond donors (Lipinski definition) is 1. The summed E-state index contributed by atoms with van der Waals surface area (Å²) in [5, 5.41) is 8.38. The highest BCUT2D eigenvalue weighted by Gasteiger charge is 2.38. The molecule has 1 saturated heterocycles. The van der Waals surface area contributed by atoms with Crippen LogP contribution < -0.4 is 5.32 Å². The van der Waals surface area contributed by atoms with Crippen LogP contribution >= 0.6 is 35.7 Å². The van der Waals surface area contributed by atoms with Crippen molar-refractivity contribution >= 4 is 41.7 Å². The Hall–Kier alpha value is -0.440. The molecule has 3 fully saturated rings. The quantitative estimate of drug-likeness (QED) is 0.376. The van der Waals surface area contributed by atoms with E-state index in [2.05, 4.69) is 43.9 Å². The molecule has 2 saturated carbocycles. The maximum Gasteiger partial charge on any atom is 0.194 e. The van der Waals surface area contributed by atoms with Crippen LogP contribution in [0.4, 0.5) is 0 Å². The van der Waals surface area contributed by atoms with Crippen LogP contribution in [-0.4, -0.2) is 51.3 Å². The lowest BCUT2D eigenvalue weighted by Crippen LogP contribution is -2.53. The van der Waals surface area contributed by atoms with Crippen molar-refractivity contribution < 1.29 is 0 Å². The van der Waals surface area contributed by atoms with Crippen molar-refractivity contribution in [1.82, 2.24) is 20.0 Å². The molecule has 0 atom stereocenters. The third-order valence-corrected chi connectivity index (χ3v) is 7.85. The summed E-state index contributed by atoms with van der Waals surface area (Å²) in [4.78, 5) is 7.06. The van der Waals surface area contributed by atoms with E-state index in [0.29, 0.717) is 10.8 Å². The SMILES string of the molecule is CN=C(NCc1ccn(C2CCCC2)n1)N1CCSC2(CCCCC2)C1.I. The third-order valence-electron chi connectivity index (χ3n) is 6.31. The zero-order valence-corrected chi connectivity index (χ0v) is 19.7. The van der Waals surface area contributed by atoms with Gasteiger partial charge in [0.25, 0.3) is 0 Å². The Balaban J connectivity index is 0.00000210. The second-order valence-electron chi connectivity index (χ2n) is 8.14. The fraction of sp³-hybridized carbons (Fsp3) is 0.800. The van der Waals surface area contributed by atoms with E-state index in [4.69, 9.17) is 5.10 Å². The molecule has 3 aliphatic rings. The van der Waals surface area contributed by atoms with Crippen molar-refractivity contribution in [2.45, 2.75) is 75.1 Å². The topological polar surface area (TPSA) is 45.5 Å². The van der Waals surface area contributed by atoms with Gasteiger partial charge in [-0.1, -0.05) is 32.1 Å². The first-order chi connectivity index (χ1) is 12.8. The Morgan fingerprint density at radius 1 is 1.26 bits per heavy atom. The molecule has 2 aliphatic carbocycles. The van der Waals surface area contributed by atoms with Gasteiger partial charge in [0.1, 0.15) is 0 Å². The highest BCUT2D eigenvalue weighted by Crippen LogP contribution is 2.42. The van der Waals surface area contributed by atoms with Gasteiger partial charge in [-0.05, 0) is 31.7 Å². The van der Waals surface area contributed by atoms with E-state index >= 15 is 0 Å². The van der Waals surface area contributed by atoms with Crippen LogP contribution in [0, 0.1) is 0 Å². The van der Waals surface area contributed by atoms with E-state index < -0.39 is 0 Å². The van der Waals surface area contributed by atoms with Gasteiger partial charge in [-0.15, -0.1) is 24.0 Å². The van der Waals surface area contributed by atoms with Crippen LogP contribution in [0.25, 0.3) is 0 Å². The van der Waals surface area contributed by atoms with E-state index in [1.54, 1.807) is 0 Å². The second kappa shape index (κ2) is 9.85. The molecular formula is C20H34IN5S. The smallest absolute Gasteiger partial charge is 0.194 e. The molecule has 1 aromatic rings. The van der Waals surface area contributed by atoms with E-state index in [1.807, 2.05) is 7.05 Å². The molecule has 0 amide bonds. The van der Waals surface area contributed by atoms with E-state index in [-0.39, 0.29) is 24.0 Å². The first kappa shape index (κ1) is 21.3. The minimum atomic E-state index is 0. The molecule has 1 spiro atoms. The number of aliphatic imine (C=N–C) groups is 1. The number of nitrogens with zero attached hydrogens (tertiary/aromatic N) is 4. The van der Waals surface area contributed by atoms with E-state index in [9.17, 15) is 0 Å². The zero-order chi connectivity index (χ0) is 17.8. The second-order valence-corrected chi connectivity index (χ2v) is 9.70. The summed E-state index contributed by atoms with van der Waals surface area (Å²) in [6.07, 6.45) is 14.4. The van der Waals surface area contributed by atoms with Gasteiger partial charge in [-0.3, -0.25) is 9.67 Å². The van der Waals surface area contributed by atoms with Gasteiger partial charge in [-0.25, -0.2) is 0 Å². The van der Waals surface area contributed by atoms with Crippen LogP contribution in [0.3, 0.4) is 0 Å². The maximum atomic E-state index is 4.80. The lowest BCUT2D eigenvalue weighted by atomic mass is 9.87. The summed E-state index contributed by atoms with van der Waals surface area (Å²) in [5.74, 6) is 2.27. The molecule has 27 heavy (non-hydrogen) atoms. The minimum absolute atomic E-state index is 0. The normalized spacial score (nSPS) is 23.4. The monoisotopic (exact) mass is 503 g/mol. The van der Waals surface area contributed by atoms with Crippen LogP contribution in [0.15, 0.2) is 17.3 Å². The molecule has 2 heterocycles. The molecule has 1 N–H and O–H groups in total. The van der Waals surface area contributed by atoms with Gasteiger partial charge in [0.2, 0.25) is 0 Å². The van der Waals surface area contributed by atoms with Crippen molar-refractivity contribution in [2.75, 3.05) is 25.9 Å². The Bertz CT molecular complexity index is 614. The van der Waals surface area contributed by atoms with Crippen LogP contribution in [0.1, 0.15) is 69.5 Å². The average molecular weight is 503 g/mol. The largest absolute Gasteiger partial charge is 0.351 e. The lowest BCUT2D eigenvalue weighted by Gasteiger charge is -2.45.